The van der Waals surface area contributed by atoms with Crippen LogP contribution >= 0.6 is 0 Å². The second-order valence-electron chi connectivity index (χ2n) is 6.57. The van der Waals surface area contributed by atoms with E-state index in [1.165, 1.54) is 18.4 Å². The molecule has 0 spiro atoms. The van der Waals surface area contributed by atoms with Crippen molar-refractivity contribution >= 4 is 0 Å². The molecule has 2 rings (SSSR count). The van der Waals surface area contributed by atoms with Gasteiger partial charge in [-0.2, -0.15) is 0 Å². The summed E-state index contributed by atoms with van der Waals surface area (Å²) in [6.45, 7) is 6.05. The Morgan fingerprint density at radius 2 is 2.05 bits per heavy atom. The lowest BCUT2D eigenvalue weighted by Gasteiger charge is -2.39. The summed E-state index contributed by atoms with van der Waals surface area (Å²) >= 11 is 0. The Labute approximate surface area is 128 Å². The van der Waals surface area contributed by atoms with Crippen LogP contribution in [0, 0.1) is 17.3 Å². The molecule has 1 aliphatic rings. The number of benzene rings is 1. The monoisotopic (exact) mass is 288 g/mol. The fourth-order valence-electron chi connectivity index (χ4n) is 3.44. The van der Waals surface area contributed by atoms with Crippen molar-refractivity contribution in [1.82, 2.24) is 0 Å². The molecule has 0 saturated carbocycles. The summed E-state index contributed by atoms with van der Waals surface area (Å²) in [6.07, 6.45) is 8.14. The minimum absolute atomic E-state index is 0.114. The molecule has 0 unspecified atom stereocenters. The molecule has 2 nitrogen and oxygen atoms in total. The van der Waals surface area contributed by atoms with Gasteiger partial charge in [-0.05, 0) is 42.1 Å². The number of hydrogen-bond acceptors (Lipinski definition) is 2. The van der Waals surface area contributed by atoms with Crippen LogP contribution in [-0.4, -0.2) is 18.3 Å². The van der Waals surface area contributed by atoms with Gasteiger partial charge in [-0.15, -0.1) is 0 Å². The van der Waals surface area contributed by atoms with Gasteiger partial charge in [0.05, 0.1) is 6.61 Å². The molecular weight excluding hydrogens is 260 g/mol. The maximum atomic E-state index is 9.84. The van der Waals surface area contributed by atoms with Gasteiger partial charge in [0.25, 0.3) is 0 Å². The van der Waals surface area contributed by atoms with Crippen molar-refractivity contribution in [2.75, 3.05) is 13.2 Å². The Kier molecular flexibility index (Phi) is 6.01. The molecule has 3 atom stereocenters. The Balaban J connectivity index is 1.87. The van der Waals surface area contributed by atoms with E-state index in [9.17, 15) is 5.11 Å². The molecule has 0 fully saturated rings. The maximum absolute atomic E-state index is 9.84. The van der Waals surface area contributed by atoms with Gasteiger partial charge in [0.1, 0.15) is 0 Å². The molecule has 0 aliphatic heterocycles. The van der Waals surface area contributed by atoms with Crippen LogP contribution in [0.4, 0.5) is 0 Å². The normalized spacial score (nSPS) is 24.7. The molecule has 0 amide bonds. The lowest BCUT2D eigenvalue weighted by Crippen LogP contribution is -2.36. The summed E-state index contributed by atoms with van der Waals surface area (Å²) in [7, 11) is 0. The van der Waals surface area contributed by atoms with E-state index >= 15 is 0 Å². The number of ether oxygens (including phenoxy) is 1. The van der Waals surface area contributed by atoms with Crippen molar-refractivity contribution in [2.24, 2.45) is 17.3 Å². The van der Waals surface area contributed by atoms with E-state index in [0.29, 0.717) is 19.1 Å². The van der Waals surface area contributed by atoms with Gasteiger partial charge in [-0.25, -0.2) is 0 Å². The number of aliphatic hydroxyl groups is 1. The first kappa shape index (κ1) is 16.3. The zero-order valence-corrected chi connectivity index (χ0v) is 13.3. The third kappa shape index (κ3) is 4.42. The zero-order chi connectivity index (χ0) is 15.1. The van der Waals surface area contributed by atoms with Gasteiger partial charge in [0.2, 0.25) is 0 Å². The van der Waals surface area contributed by atoms with Crippen molar-refractivity contribution in [3.63, 3.8) is 0 Å². The van der Waals surface area contributed by atoms with Crippen LogP contribution in [0.15, 0.2) is 42.5 Å². The first-order valence-corrected chi connectivity index (χ1v) is 8.06. The highest BCUT2D eigenvalue weighted by molar-refractivity contribution is 5.13. The number of hydrogen-bond donors (Lipinski definition) is 1. The van der Waals surface area contributed by atoms with Crippen LogP contribution in [0.1, 0.15) is 38.7 Å². The molecule has 116 valence electrons. The number of rotatable bonds is 7. The van der Waals surface area contributed by atoms with E-state index in [1.54, 1.807) is 0 Å². The lowest BCUT2D eigenvalue weighted by molar-refractivity contribution is 0.0166. The van der Waals surface area contributed by atoms with Crippen molar-refractivity contribution in [1.29, 1.82) is 0 Å². The third-order valence-electron chi connectivity index (χ3n) is 4.81. The Hall–Kier alpha value is -1.12. The summed E-state index contributed by atoms with van der Waals surface area (Å²) < 4.78 is 5.86. The molecule has 0 radical (unpaired) electrons. The van der Waals surface area contributed by atoms with Crippen molar-refractivity contribution in [3.8, 4) is 0 Å². The Morgan fingerprint density at radius 3 is 2.67 bits per heavy atom. The van der Waals surface area contributed by atoms with E-state index in [4.69, 9.17) is 4.74 Å². The van der Waals surface area contributed by atoms with E-state index in [-0.39, 0.29) is 17.9 Å². The standard InChI is InChI=1S/C19H28O2/c1-16(14-21-15-17-9-5-3-6-10-17)18(13-20)19(2)11-7-4-8-12-19/h3,5-7,9-11,16,18,20H,4,8,12-15H2,1-2H3/t16-,18-,19+/m0/s1. The second kappa shape index (κ2) is 7.77. The molecule has 1 aromatic carbocycles. The highest BCUT2D eigenvalue weighted by atomic mass is 16.5. The highest BCUT2D eigenvalue weighted by Gasteiger charge is 2.35. The van der Waals surface area contributed by atoms with Crippen LogP contribution in [-0.2, 0) is 11.3 Å². The van der Waals surface area contributed by atoms with Crippen LogP contribution in [0.2, 0.25) is 0 Å². The zero-order valence-electron chi connectivity index (χ0n) is 13.3. The molecule has 0 saturated heterocycles. The van der Waals surface area contributed by atoms with E-state index in [1.807, 2.05) is 18.2 Å². The van der Waals surface area contributed by atoms with Gasteiger partial charge in [-0.3, -0.25) is 0 Å². The quantitative estimate of drug-likeness (QED) is 0.762. The summed E-state index contributed by atoms with van der Waals surface area (Å²) in [4.78, 5) is 0. The van der Waals surface area contributed by atoms with Crippen LogP contribution < -0.4 is 0 Å². The van der Waals surface area contributed by atoms with Crippen LogP contribution in [0.3, 0.4) is 0 Å². The average molecular weight is 288 g/mol. The molecule has 1 aromatic rings. The SMILES string of the molecule is C[C@@H](COCc1ccccc1)[C@H](CO)[C@]1(C)C=CCCC1. The minimum Gasteiger partial charge on any atom is -0.396 e. The van der Waals surface area contributed by atoms with E-state index < -0.39 is 0 Å². The largest absolute Gasteiger partial charge is 0.396 e. The third-order valence-corrected chi connectivity index (χ3v) is 4.81. The first-order chi connectivity index (χ1) is 10.2. The second-order valence-corrected chi connectivity index (χ2v) is 6.57. The summed E-state index contributed by atoms with van der Waals surface area (Å²) in [5.41, 5.74) is 1.32. The minimum atomic E-state index is 0.114. The average Bonchev–Trinajstić information content (AvgIpc) is 2.49. The van der Waals surface area contributed by atoms with Crippen molar-refractivity contribution in [3.05, 3.63) is 48.0 Å². The van der Waals surface area contributed by atoms with Gasteiger partial charge < -0.3 is 9.84 Å². The predicted octanol–water partition coefficient (Wildman–Crippen LogP) is 4.19. The van der Waals surface area contributed by atoms with Gasteiger partial charge >= 0.3 is 0 Å². The Morgan fingerprint density at radius 1 is 1.29 bits per heavy atom. The van der Waals surface area contributed by atoms with Crippen LogP contribution in [0.25, 0.3) is 0 Å². The molecule has 0 bridgehead atoms. The van der Waals surface area contributed by atoms with E-state index in [0.717, 1.165) is 6.42 Å². The molecular formula is C19H28O2. The molecule has 21 heavy (non-hydrogen) atoms. The molecule has 1 aliphatic carbocycles. The molecule has 1 N–H and O–H groups in total. The number of aliphatic hydroxyl groups excluding tert-OH is 1. The smallest absolute Gasteiger partial charge is 0.0717 e. The molecule has 2 heteroatoms. The van der Waals surface area contributed by atoms with Gasteiger partial charge in [-0.1, -0.05) is 56.3 Å². The van der Waals surface area contributed by atoms with Gasteiger partial charge in [0.15, 0.2) is 0 Å². The fraction of sp³-hybridized carbons (Fsp3) is 0.579. The van der Waals surface area contributed by atoms with Crippen molar-refractivity contribution in [2.45, 2.75) is 39.7 Å². The maximum Gasteiger partial charge on any atom is 0.0717 e. The van der Waals surface area contributed by atoms with E-state index in [2.05, 4.69) is 38.1 Å². The van der Waals surface area contributed by atoms with Crippen molar-refractivity contribution < 1.29 is 9.84 Å². The predicted molar refractivity (Wildman–Crippen MR) is 86.9 cm³/mol. The highest BCUT2D eigenvalue weighted by Crippen LogP contribution is 2.41. The van der Waals surface area contributed by atoms with Crippen LogP contribution in [0.5, 0.6) is 0 Å². The topological polar surface area (TPSA) is 29.5 Å². The molecule has 0 aromatic heterocycles. The summed E-state index contributed by atoms with van der Waals surface area (Å²) in [6, 6.07) is 10.3. The summed E-state index contributed by atoms with van der Waals surface area (Å²) in [5, 5.41) is 9.84. The Bertz CT molecular complexity index is 440. The van der Waals surface area contributed by atoms with Gasteiger partial charge in [0, 0.05) is 13.2 Å². The first-order valence-electron chi connectivity index (χ1n) is 8.06. The summed E-state index contributed by atoms with van der Waals surface area (Å²) in [5.74, 6) is 0.622. The molecule has 0 heterocycles. The number of allylic oxidation sites excluding steroid dienone is 2. The lowest BCUT2D eigenvalue weighted by atomic mass is 9.67. The fourth-order valence-corrected chi connectivity index (χ4v) is 3.44.